The van der Waals surface area contributed by atoms with Gasteiger partial charge in [0, 0.05) is 12.8 Å². The number of carbonyl (C=O) groups is 5. The molecule has 2 rings (SSSR count). The number of nitrogens with zero attached hydrogens (tertiary/aromatic N) is 1. The second kappa shape index (κ2) is 26.5. The third kappa shape index (κ3) is 18.4. The first kappa shape index (κ1) is 56.6. The molecule has 4 unspecified atom stereocenters. The summed E-state index contributed by atoms with van der Waals surface area (Å²) in [6.45, 7) is 17.7. The number of carboxylic acids is 1. The van der Waals surface area contributed by atoms with Gasteiger partial charge in [0.25, 0.3) is 0 Å². The van der Waals surface area contributed by atoms with Crippen LogP contribution in [0.3, 0.4) is 0 Å². The van der Waals surface area contributed by atoms with Crippen molar-refractivity contribution in [1.82, 2.24) is 5.32 Å². The molecule has 14 heteroatoms. The SMILES string of the molecule is CC1=C(/C=C/C(C)=C/C=C/C(C)C/C=C/C=C(C)/C=C/C=C(C)/C=C/C2=C(C)C(O)C(OC(=O)CCC(=O)NC(CO)(CO)CN=O)CC2(C)C)C(C)(C)CC(OC(=O)CCC(=O)O)C1=O. The molecule has 0 aliphatic heterocycles. The standard InChI is InChI=1S/C52H72N2O12/c1-34(15-11-12-16-35(2)18-14-20-37(4)22-24-41-39(6)49(63)43(30-51(41,9)10)66-47(61)28-26-45(58)59)17-13-19-36(3)21-23-40-38(5)48(62)42(29-50(40,7)8)65-46(60)27-25-44(57)54-52(32-55,33-56)31-53-64/h11-15,17-24,35,42-43,48,55-56,62H,16,25-33H2,1-10H3,(H,54,57)(H,58,59)/b12-11+,17-13+,18-14+,23-21+,24-22+,34-15+,36-19+,37-20+. The molecule has 0 spiro atoms. The van der Waals surface area contributed by atoms with Crippen LogP contribution >= 0.6 is 0 Å². The Hall–Kier alpha value is -5.57. The number of carboxylic acid groups (broad SMARTS) is 1. The second-order valence-corrected chi connectivity index (χ2v) is 18.7. The van der Waals surface area contributed by atoms with E-state index in [9.17, 15) is 44.2 Å². The molecule has 0 heterocycles. The molecule has 362 valence electrons. The van der Waals surface area contributed by atoms with Crippen molar-refractivity contribution < 1.29 is 53.9 Å². The Labute approximate surface area is 390 Å². The third-order valence-corrected chi connectivity index (χ3v) is 11.7. The van der Waals surface area contributed by atoms with Gasteiger partial charge in [-0.05, 0) is 86.5 Å². The van der Waals surface area contributed by atoms with Crippen LogP contribution in [-0.4, -0.2) is 93.6 Å². The van der Waals surface area contributed by atoms with Crippen molar-refractivity contribution in [2.75, 3.05) is 19.8 Å². The molecule has 1 amide bonds. The van der Waals surface area contributed by atoms with E-state index in [0.717, 1.165) is 34.3 Å². The molecule has 66 heavy (non-hydrogen) atoms. The molecule has 0 saturated heterocycles. The lowest BCUT2D eigenvalue weighted by Crippen LogP contribution is -2.56. The number of hydrogen-bond donors (Lipinski definition) is 5. The molecule has 14 nitrogen and oxygen atoms in total. The summed E-state index contributed by atoms with van der Waals surface area (Å²) in [5.74, 6) is -3.10. The molecular weight excluding hydrogens is 845 g/mol. The minimum atomic E-state index is -1.61. The van der Waals surface area contributed by atoms with Crippen LogP contribution in [0, 0.1) is 21.7 Å². The summed E-state index contributed by atoms with van der Waals surface area (Å²) in [5, 5.41) is 44.0. The number of allylic oxidation sites excluding steroid dienone is 18. The number of carbonyl (C=O) groups excluding carboxylic acids is 4. The zero-order valence-corrected chi connectivity index (χ0v) is 40.4. The van der Waals surface area contributed by atoms with Crippen LogP contribution in [0.25, 0.3) is 0 Å². The van der Waals surface area contributed by atoms with Crippen LogP contribution in [0.5, 0.6) is 0 Å². The summed E-state index contributed by atoms with van der Waals surface area (Å²) in [6, 6.07) is 0. The molecule has 2 aliphatic rings. The Morgan fingerprint density at radius 3 is 1.95 bits per heavy atom. The van der Waals surface area contributed by atoms with Crippen molar-refractivity contribution >= 4 is 29.6 Å². The van der Waals surface area contributed by atoms with Crippen molar-refractivity contribution in [3.05, 3.63) is 123 Å². The van der Waals surface area contributed by atoms with E-state index in [1.807, 2.05) is 115 Å². The second-order valence-electron chi connectivity index (χ2n) is 18.7. The Morgan fingerprint density at radius 2 is 1.35 bits per heavy atom. The summed E-state index contributed by atoms with van der Waals surface area (Å²) >= 11 is 0. The number of aliphatic carboxylic acids is 1. The van der Waals surface area contributed by atoms with Gasteiger partial charge in [-0.3, -0.25) is 24.0 Å². The Bertz CT molecular complexity index is 2080. The first-order valence-electron chi connectivity index (χ1n) is 22.4. The molecule has 0 aromatic rings. The quantitative estimate of drug-likeness (QED) is 0.0352. The lowest BCUT2D eigenvalue weighted by atomic mass is 9.70. The van der Waals surface area contributed by atoms with E-state index in [-0.39, 0.29) is 31.5 Å². The van der Waals surface area contributed by atoms with Crippen LogP contribution in [0.15, 0.2) is 123 Å². The van der Waals surface area contributed by atoms with Gasteiger partial charge in [-0.2, -0.15) is 4.91 Å². The predicted octanol–water partition coefficient (Wildman–Crippen LogP) is 8.13. The van der Waals surface area contributed by atoms with Gasteiger partial charge in [0.2, 0.25) is 5.91 Å². The number of aliphatic hydroxyl groups is 3. The van der Waals surface area contributed by atoms with E-state index in [2.05, 4.69) is 29.6 Å². The Balaban J connectivity index is 1.92. The average Bonchev–Trinajstić information content (AvgIpc) is 3.24. The van der Waals surface area contributed by atoms with E-state index < -0.39 is 78.3 Å². The maximum atomic E-state index is 13.0. The minimum Gasteiger partial charge on any atom is -0.481 e. The maximum absolute atomic E-state index is 13.0. The zero-order chi connectivity index (χ0) is 49.8. The molecule has 0 fully saturated rings. The van der Waals surface area contributed by atoms with Crippen LogP contribution in [-0.2, 0) is 33.4 Å². The highest BCUT2D eigenvalue weighted by Crippen LogP contribution is 2.43. The molecule has 5 N–H and O–H groups in total. The van der Waals surface area contributed by atoms with Crippen molar-refractivity contribution in [2.45, 2.75) is 138 Å². The highest BCUT2D eigenvalue weighted by molar-refractivity contribution is 6.01. The van der Waals surface area contributed by atoms with Crippen LogP contribution in [0.2, 0.25) is 0 Å². The summed E-state index contributed by atoms with van der Waals surface area (Å²) in [6.07, 6.45) is 23.8. The van der Waals surface area contributed by atoms with Crippen molar-refractivity contribution in [3.63, 3.8) is 0 Å². The highest BCUT2D eigenvalue weighted by atomic mass is 16.6. The van der Waals surface area contributed by atoms with Gasteiger partial charge in [0.05, 0.1) is 32.5 Å². The van der Waals surface area contributed by atoms with E-state index in [1.54, 1.807) is 13.8 Å². The van der Waals surface area contributed by atoms with Gasteiger partial charge in [-0.15, -0.1) is 0 Å². The fourth-order valence-electron chi connectivity index (χ4n) is 7.71. The number of aliphatic hydroxyl groups excluding tert-OH is 3. The topological polar surface area (TPSA) is 226 Å². The van der Waals surface area contributed by atoms with Crippen LogP contribution in [0.4, 0.5) is 0 Å². The molecule has 0 aromatic carbocycles. The van der Waals surface area contributed by atoms with Gasteiger partial charge >= 0.3 is 17.9 Å². The lowest BCUT2D eigenvalue weighted by Gasteiger charge is -2.40. The number of nitrogens with one attached hydrogen (secondary N) is 1. The summed E-state index contributed by atoms with van der Waals surface area (Å²) < 4.78 is 11.0. The number of esters is 2. The van der Waals surface area contributed by atoms with Gasteiger partial charge < -0.3 is 35.2 Å². The van der Waals surface area contributed by atoms with Gasteiger partial charge in [-0.25, -0.2) is 0 Å². The number of amides is 1. The number of hydrogen-bond acceptors (Lipinski definition) is 12. The first-order chi connectivity index (χ1) is 30.9. The number of nitroso groups, excluding NO2 is 1. The highest BCUT2D eigenvalue weighted by Gasteiger charge is 2.41. The maximum Gasteiger partial charge on any atom is 0.307 e. The summed E-state index contributed by atoms with van der Waals surface area (Å²) in [4.78, 5) is 71.6. The molecule has 0 radical (unpaired) electrons. The molecular formula is C52H72N2O12. The summed E-state index contributed by atoms with van der Waals surface area (Å²) in [5.41, 5.74) is 3.61. The Kier molecular flexibility index (Phi) is 22.7. The third-order valence-electron chi connectivity index (χ3n) is 11.7. The fourth-order valence-corrected chi connectivity index (χ4v) is 7.71. The van der Waals surface area contributed by atoms with Gasteiger partial charge in [0.15, 0.2) is 11.9 Å². The smallest absolute Gasteiger partial charge is 0.307 e. The minimum absolute atomic E-state index is 0.262. The molecule has 0 bridgehead atoms. The molecule has 2 aliphatic carbocycles. The van der Waals surface area contributed by atoms with Crippen LogP contribution in [0.1, 0.15) is 114 Å². The van der Waals surface area contributed by atoms with E-state index in [4.69, 9.17) is 14.6 Å². The Morgan fingerprint density at radius 1 is 0.803 bits per heavy atom. The van der Waals surface area contributed by atoms with Crippen molar-refractivity contribution in [2.24, 2.45) is 21.9 Å². The van der Waals surface area contributed by atoms with E-state index in [1.165, 1.54) is 0 Å². The number of ketones is 1. The lowest BCUT2D eigenvalue weighted by molar-refractivity contribution is -0.157. The molecule has 0 saturated carbocycles. The van der Waals surface area contributed by atoms with Crippen molar-refractivity contribution in [1.29, 1.82) is 0 Å². The average molecular weight is 917 g/mol. The number of ether oxygens (including phenoxy) is 2. The first-order valence-corrected chi connectivity index (χ1v) is 22.4. The summed E-state index contributed by atoms with van der Waals surface area (Å²) in [7, 11) is 0. The predicted molar refractivity (Wildman–Crippen MR) is 256 cm³/mol. The zero-order valence-electron chi connectivity index (χ0n) is 40.4. The number of Topliss-reactive ketones (excluding diaryl/α,β-unsaturated/α-hetero) is 1. The molecule has 0 aromatic heterocycles. The largest absolute Gasteiger partial charge is 0.481 e. The van der Waals surface area contributed by atoms with Gasteiger partial charge in [0.1, 0.15) is 24.3 Å². The number of rotatable bonds is 24. The van der Waals surface area contributed by atoms with Gasteiger partial charge in [-0.1, -0.05) is 136 Å². The van der Waals surface area contributed by atoms with E-state index in [0.29, 0.717) is 29.9 Å². The fraction of sp³-hybridized carbons (Fsp3) is 0.519. The van der Waals surface area contributed by atoms with E-state index >= 15 is 0 Å². The monoisotopic (exact) mass is 917 g/mol. The van der Waals surface area contributed by atoms with Crippen molar-refractivity contribution in [3.8, 4) is 0 Å². The normalized spacial score (nSPS) is 21.4. The molecule has 4 atom stereocenters. The van der Waals surface area contributed by atoms with Crippen LogP contribution < -0.4 is 5.32 Å².